The molecular formula is C28H27N7O4. The van der Waals surface area contributed by atoms with E-state index in [-0.39, 0.29) is 5.91 Å². The van der Waals surface area contributed by atoms with Crippen LogP contribution in [0.2, 0.25) is 0 Å². The molecule has 0 radical (unpaired) electrons. The van der Waals surface area contributed by atoms with Crippen molar-refractivity contribution in [3.05, 3.63) is 84.1 Å². The van der Waals surface area contributed by atoms with Crippen molar-refractivity contribution in [2.75, 3.05) is 19.5 Å². The number of carbonyl (C=O) groups is 1. The maximum atomic E-state index is 13.1. The van der Waals surface area contributed by atoms with Gasteiger partial charge in [0.1, 0.15) is 29.3 Å². The first-order chi connectivity index (χ1) is 18.8. The predicted molar refractivity (Wildman–Crippen MR) is 145 cm³/mol. The highest BCUT2D eigenvalue weighted by atomic mass is 16.5. The average Bonchev–Trinajstić information content (AvgIpc) is 3.50. The second-order valence-electron chi connectivity index (χ2n) is 8.74. The van der Waals surface area contributed by atoms with Gasteiger partial charge >= 0.3 is 0 Å². The van der Waals surface area contributed by atoms with Crippen LogP contribution < -0.4 is 19.5 Å². The molecule has 0 aliphatic rings. The van der Waals surface area contributed by atoms with E-state index in [4.69, 9.17) is 14.2 Å². The third-order valence-electron chi connectivity index (χ3n) is 5.98. The number of anilines is 1. The summed E-state index contributed by atoms with van der Waals surface area (Å²) < 4.78 is 20.0. The molecular weight excluding hydrogens is 498 g/mol. The molecule has 0 fully saturated rings. The number of carbonyl (C=O) groups excluding carboxylic acids is 1. The smallest absolute Gasteiger partial charge is 0.273 e. The Balaban J connectivity index is 1.29. The van der Waals surface area contributed by atoms with E-state index < -0.39 is 0 Å². The first-order valence-corrected chi connectivity index (χ1v) is 12.1. The van der Waals surface area contributed by atoms with Crippen molar-refractivity contribution in [3.8, 4) is 40.2 Å². The number of methoxy groups -OCH3 is 2. The van der Waals surface area contributed by atoms with Crippen molar-refractivity contribution in [2.45, 2.75) is 13.8 Å². The Bertz CT molecular complexity index is 1640. The van der Waals surface area contributed by atoms with Gasteiger partial charge < -0.3 is 19.5 Å². The molecule has 0 saturated heterocycles. The van der Waals surface area contributed by atoms with Crippen LogP contribution in [0.4, 0.5) is 5.69 Å². The van der Waals surface area contributed by atoms with Crippen LogP contribution >= 0.6 is 0 Å². The van der Waals surface area contributed by atoms with Crippen LogP contribution in [-0.2, 0) is 7.05 Å². The molecule has 5 aromatic rings. The van der Waals surface area contributed by atoms with Crippen LogP contribution in [0, 0.1) is 13.8 Å². The molecule has 39 heavy (non-hydrogen) atoms. The van der Waals surface area contributed by atoms with Crippen molar-refractivity contribution in [3.63, 3.8) is 0 Å². The number of aryl methyl sites for hydroxylation is 3. The maximum absolute atomic E-state index is 13.1. The normalized spacial score (nSPS) is 10.8. The molecule has 0 bridgehead atoms. The molecule has 0 atom stereocenters. The first kappa shape index (κ1) is 25.5. The highest BCUT2D eigenvalue weighted by Gasteiger charge is 2.18. The number of hydrogen-bond donors (Lipinski definition) is 1. The summed E-state index contributed by atoms with van der Waals surface area (Å²) in [4.78, 5) is 21.5. The van der Waals surface area contributed by atoms with Crippen molar-refractivity contribution in [1.82, 2.24) is 29.5 Å². The minimum absolute atomic E-state index is 0.308. The lowest BCUT2D eigenvalue weighted by molar-refractivity contribution is 0.101. The van der Waals surface area contributed by atoms with Gasteiger partial charge in [-0.05, 0) is 68.4 Å². The van der Waals surface area contributed by atoms with E-state index in [1.54, 1.807) is 74.5 Å². The second kappa shape index (κ2) is 10.7. The summed E-state index contributed by atoms with van der Waals surface area (Å²) in [6.07, 6.45) is 1.43. The summed E-state index contributed by atoms with van der Waals surface area (Å²) in [6.45, 7) is 3.88. The van der Waals surface area contributed by atoms with Crippen molar-refractivity contribution < 1.29 is 19.0 Å². The van der Waals surface area contributed by atoms with Crippen LogP contribution in [0.25, 0.3) is 17.1 Å². The van der Waals surface area contributed by atoms with Gasteiger partial charge in [-0.1, -0.05) is 0 Å². The quantitative estimate of drug-likeness (QED) is 0.309. The number of amides is 1. The van der Waals surface area contributed by atoms with Crippen LogP contribution in [0.5, 0.6) is 23.1 Å². The van der Waals surface area contributed by atoms with Crippen LogP contribution in [0.15, 0.2) is 67.0 Å². The Morgan fingerprint density at radius 1 is 0.872 bits per heavy atom. The van der Waals surface area contributed by atoms with Crippen LogP contribution in [-0.4, -0.2) is 49.7 Å². The molecule has 3 aromatic heterocycles. The zero-order valence-electron chi connectivity index (χ0n) is 22.2. The van der Waals surface area contributed by atoms with E-state index in [9.17, 15) is 4.79 Å². The minimum Gasteiger partial charge on any atom is -0.497 e. The standard InChI is InChI=1S/C28H27N7O4/c1-17-12-18(2)35(32-17)26-15-27(30-16-29-26)39-20-8-6-19(7-9-20)31-28(36)24-14-23(33-34(24)3)22-13-21(37-4)10-11-25(22)38-5/h6-16H,1-5H3,(H,31,36). The van der Waals surface area contributed by atoms with Crippen molar-refractivity contribution >= 4 is 11.6 Å². The molecule has 0 saturated carbocycles. The molecule has 2 aromatic carbocycles. The monoisotopic (exact) mass is 525 g/mol. The predicted octanol–water partition coefficient (Wildman–Crippen LogP) is 4.74. The summed E-state index contributed by atoms with van der Waals surface area (Å²) in [5.41, 5.74) is 4.15. The van der Waals surface area contributed by atoms with E-state index in [0.717, 1.165) is 17.0 Å². The van der Waals surface area contributed by atoms with Gasteiger partial charge in [-0.15, -0.1) is 0 Å². The molecule has 1 N–H and O–H groups in total. The van der Waals surface area contributed by atoms with Crippen LogP contribution in [0.1, 0.15) is 21.9 Å². The minimum atomic E-state index is -0.308. The summed E-state index contributed by atoms with van der Waals surface area (Å²) in [6, 6.07) is 17.8. The summed E-state index contributed by atoms with van der Waals surface area (Å²) >= 11 is 0. The van der Waals surface area contributed by atoms with Crippen molar-refractivity contribution in [2.24, 2.45) is 7.05 Å². The Kier molecular flexibility index (Phi) is 6.96. The third-order valence-corrected chi connectivity index (χ3v) is 5.98. The topological polar surface area (TPSA) is 118 Å². The van der Waals surface area contributed by atoms with E-state index in [1.807, 2.05) is 26.0 Å². The number of nitrogens with zero attached hydrogens (tertiary/aromatic N) is 6. The van der Waals surface area contributed by atoms with Gasteiger partial charge in [0.15, 0.2) is 5.82 Å². The van der Waals surface area contributed by atoms with E-state index in [2.05, 4.69) is 25.5 Å². The Morgan fingerprint density at radius 2 is 1.64 bits per heavy atom. The number of nitrogens with one attached hydrogen (secondary N) is 1. The Morgan fingerprint density at radius 3 is 2.33 bits per heavy atom. The van der Waals surface area contributed by atoms with E-state index >= 15 is 0 Å². The van der Waals surface area contributed by atoms with Gasteiger partial charge in [0.2, 0.25) is 5.88 Å². The average molecular weight is 526 g/mol. The number of ether oxygens (including phenoxy) is 3. The fraction of sp³-hybridized carbons (Fsp3) is 0.179. The molecule has 198 valence electrons. The molecule has 1 amide bonds. The SMILES string of the molecule is COc1ccc(OC)c(-c2cc(C(=O)Nc3ccc(Oc4cc(-n5nc(C)cc5C)ncn4)cc3)n(C)n2)c1. The lowest BCUT2D eigenvalue weighted by Gasteiger charge is -2.09. The van der Waals surface area contributed by atoms with Crippen LogP contribution in [0.3, 0.4) is 0 Å². The summed E-state index contributed by atoms with van der Waals surface area (Å²) in [5.74, 6) is 2.52. The zero-order valence-corrected chi connectivity index (χ0v) is 22.2. The van der Waals surface area contributed by atoms with E-state index in [0.29, 0.717) is 46.0 Å². The van der Waals surface area contributed by atoms with E-state index in [1.165, 1.54) is 11.0 Å². The third kappa shape index (κ3) is 5.42. The molecule has 0 aliphatic carbocycles. The van der Waals surface area contributed by atoms with Gasteiger partial charge in [0.05, 0.1) is 25.6 Å². The van der Waals surface area contributed by atoms with Crippen molar-refractivity contribution in [1.29, 1.82) is 0 Å². The van der Waals surface area contributed by atoms with Gasteiger partial charge in [-0.25, -0.2) is 14.6 Å². The molecule has 0 unspecified atom stereocenters. The lowest BCUT2D eigenvalue weighted by atomic mass is 10.1. The summed E-state index contributed by atoms with van der Waals surface area (Å²) in [7, 11) is 4.89. The van der Waals surface area contributed by atoms with Gasteiger partial charge in [-0.2, -0.15) is 10.2 Å². The molecule has 5 rings (SSSR count). The highest BCUT2D eigenvalue weighted by Crippen LogP contribution is 2.33. The fourth-order valence-corrected chi connectivity index (χ4v) is 4.11. The largest absolute Gasteiger partial charge is 0.497 e. The van der Waals surface area contributed by atoms with Gasteiger partial charge in [-0.3, -0.25) is 9.48 Å². The zero-order chi connectivity index (χ0) is 27.5. The summed E-state index contributed by atoms with van der Waals surface area (Å²) in [5, 5.41) is 11.8. The number of rotatable bonds is 8. The number of benzene rings is 2. The fourth-order valence-electron chi connectivity index (χ4n) is 4.11. The number of hydrogen-bond acceptors (Lipinski definition) is 8. The number of aromatic nitrogens is 6. The maximum Gasteiger partial charge on any atom is 0.273 e. The molecule has 11 heteroatoms. The van der Waals surface area contributed by atoms with Gasteiger partial charge in [0, 0.05) is 30.1 Å². The molecule has 11 nitrogen and oxygen atoms in total. The first-order valence-electron chi connectivity index (χ1n) is 12.1. The highest BCUT2D eigenvalue weighted by molar-refractivity contribution is 6.03. The van der Waals surface area contributed by atoms with Gasteiger partial charge in [0.25, 0.3) is 5.91 Å². The second-order valence-corrected chi connectivity index (χ2v) is 8.74. The Labute approximate surface area is 225 Å². The molecule has 3 heterocycles. The Hall–Kier alpha value is -5.19. The molecule has 0 spiro atoms. The molecule has 0 aliphatic heterocycles. The lowest BCUT2D eigenvalue weighted by Crippen LogP contribution is -2.15.